The van der Waals surface area contributed by atoms with Crippen molar-refractivity contribution in [2.75, 3.05) is 4.72 Å². The van der Waals surface area contributed by atoms with Gasteiger partial charge in [0, 0.05) is 21.8 Å². The van der Waals surface area contributed by atoms with Crippen LogP contribution in [-0.2, 0) is 16.4 Å². The summed E-state index contributed by atoms with van der Waals surface area (Å²) in [7, 11) is -3.76. The fourth-order valence-electron chi connectivity index (χ4n) is 1.69. The Morgan fingerprint density at radius 1 is 1.20 bits per heavy atom. The third-order valence-electron chi connectivity index (χ3n) is 2.54. The number of anilines is 1. The molecular weight excluding hydrogens is 321 g/mol. The van der Waals surface area contributed by atoms with Gasteiger partial charge in [-0.2, -0.15) is 5.10 Å². The highest BCUT2D eigenvalue weighted by molar-refractivity contribution is 7.92. The highest BCUT2D eigenvalue weighted by Gasteiger charge is 2.17. The van der Waals surface area contributed by atoms with Gasteiger partial charge in [0.15, 0.2) is 5.82 Å². The molecule has 0 atom stereocenters. The van der Waals surface area contributed by atoms with Gasteiger partial charge in [-0.25, -0.2) is 8.42 Å². The molecule has 1 aromatic heterocycles. The second-order valence-electron chi connectivity index (χ2n) is 4.24. The van der Waals surface area contributed by atoms with Crippen molar-refractivity contribution in [2.24, 2.45) is 0 Å². The second kappa shape index (κ2) is 6.03. The maximum Gasteiger partial charge on any atom is 0.263 e. The van der Waals surface area contributed by atoms with Gasteiger partial charge in [-0.15, -0.1) is 0 Å². The van der Waals surface area contributed by atoms with E-state index in [1.165, 1.54) is 18.2 Å². The van der Waals surface area contributed by atoms with Crippen LogP contribution in [0.2, 0.25) is 10.0 Å². The van der Waals surface area contributed by atoms with Gasteiger partial charge < -0.3 is 0 Å². The third kappa shape index (κ3) is 3.65. The molecule has 108 valence electrons. The number of hydrogen-bond donors (Lipinski definition) is 2. The molecule has 0 unspecified atom stereocenters. The van der Waals surface area contributed by atoms with Crippen molar-refractivity contribution in [3.8, 4) is 0 Å². The van der Waals surface area contributed by atoms with Gasteiger partial charge >= 0.3 is 0 Å². The molecule has 0 aliphatic heterocycles. The smallest absolute Gasteiger partial charge is 0.263 e. The first-order valence-electron chi connectivity index (χ1n) is 5.94. The van der Waals surface area contributed by atoms with E-state index < -0.39 is 10.0 Å². The van der Waals surface area contributed by atoms with Gasteiger partial charge in [-0.3, -0.25) is 9.82 Å². The van der Waals surface area contributed by atoms with Crippen LogP contribution in [0.1, 0.15) is 19.0 Å². The number of nitrogens with one attached hydrogen (secondary N) is 2. The van der Waals surface area contributed by atoms with Crippen molar-refractivity contribution in [2.45, 2.75) is 24.7 Å². The molecule has 0 saturated carbocycles. The summed E-state index contributed by atoms with van der Waals surface area (Å²) in [5.41, 5.74) is 0.870. The first kappa shape index (κ1) is 15.2. The van der Waals surface area contributed by atoms with Crippen LogP contribution >= 0.6 is 23.2 Å². The lowest BCUT2D eigenvalue weighted by atomic mass is 10.2. The van der Waals surface area contributed by atoms with Crippen molar-refractivity contribution in [3.05, 3.63) is 40.0 Å². The molecule has 0 spiro atoms. The number of sulfonamides is 1. The number of rotatable bonds is 5. The maximum absolute atomic E-state index is 12.2. The molecule has 0 aliphatic rings. The van der Waals surface area contributed by atoms with Crippen molar-refractivity contribution >= 4 is 39.0 Å². The zero-order valence-electron chi connectivity index (χ0n) is 10.7. The quantitative estimate of drug-likeness (QED) is 0.879. The Morgan fingerprint density at radius 2 is 1.85 bits per heavy atom. The van der Waals surface area contributed by atoms with Crippen LogP contribution in [0.5, 0.6) is 0 Å². The lowest BCUT2D eigenvalue weighted by Gasteiger charge is -2.06. The van der Waals surface area contributed by atoms with Gasteiger partial charge in [-0.1, -0.05) is 36.5 Å². The topological polar surface area (TPSA) is 74.8 Å². The predicted molar refractivity (Wildman–Crippen MR) is 79.9 cm³/mol. The highest BCUT2D eigenvalue weighted by Crippen LogP contribution is 2.23. The molecule has 20 heavy (non-hydrogen) atoms. The molecule has 5 nitrogen and oxygen atoms in total. The van der Waals surface area contributed by atoms with Crippen molar-refractivity contribution in [1.29, 1.82) is 0 Å². The second-order valence-corrected chi connectivity index (χ2v) is 6.79. The summed E-state index contributed by atoms with van der Waals surface area (Å²) in [5, 5.41) is 7.20. The van der Waals surface area contributed by atoms with E-state index in [-0.39, 0.29) is 20.8 Å². The van der Waals surface area contributed by atoms with E-state index in [2.05, 4.69) is 14.9 Å². The molecule has 0 fully saturated rings. The van der Waals surface area contributed by atoms with Crippen LogP contribution < -0.4 is 4.72 Å². The van der Waals surface area contributed by atoms with E-state index in [0.29, 0.717) is 0 Å². The average Bonchev–Trinajstić information content (AvgIpc) is 2.75. The van der Waals surface area contributed by atoms with Crippen LogP contribution in [-0.4, -0.2) is 18.6 Å². The van der Waals surface area contributed by atoms with Crippen LogP contribution in [0.4, 0.5) is 5.82 Å². The van der Waals surface area contributed by atoms with Gasteiger partial charge in [0.05, 0.1) is 4.90 Å². The molecule has 0 radical (unpaired) electrons. The van der Waals surface area contributed by atoms with Crippen LogP contribution in [0.3, 0.4) is 0 Å². The molecule has 8 heteroatoms. The lowest BCUT2D eigenvalue weighted by molar-refractivity contribution is 0.601. The number of aromatic amines is 1. The summed E-state index contributed by atoms with van der Waals surface area (Å²) < 4.78 is 26.8. The summed E-state index contributed by atoms with van der Waals surface area (Å²) in [5.74, 6) is 0.240. The molecule has 1 heterocycles. The minimum atomic E-state index is -3.76. The first-order chi connectivity index (χ1) is 9.40. The van der Waals surface area contributed by atoms with E-state index >= 15 is 0 Å². The Morgan fingerprint density at radius 3 is 2.45 bits per heavy atom. The third-order valence-corrected chi connectivity index (χ3v) is 4.31. The lowest BCUT2D eigenvalue weighted by Crippen LogP contribution is -2.13. The minimum Gasteiger partial charge on any atom is -0.280 e. The Hall–Kier alpha value is -1.24. The van der Waals surface area contributed by atoms with Crippen LogP contribution in [0, 0.1) is 0 Å². The maximum atomic E-state index is 12.2. The van der Waals surface area contributed by atoms with Crippen molar-refractivity contribution in [3.63, 3.8) is 0 Å². The summed E-state index contributed by atoms with van der Waals surface area (Å²) in [6.07, 6.45) is 1.75. The Kier molecular flexibility index (Phi) is 4.57. The largest absolute Gasteiger partial charge is 0.280 e. The molecule has 0 amide bonds. The van der Waals surface area contributed by atoms with E-state index in [1.54, 1.807) is 6.07 Å². The van der Waals surface area contributed by atoms with Crippen molar-refractivity contribution in [1.82, 2.24) is 10.2 Å². The fraction of sp³-hybridized carbons (Fsp3) is 0.250. The predicted octanol–water partition coefficient (Wildman–Crippen LogP) is 3.47. The normalized spacial score (nSPS) is 11.6. The SMILES string of the molecule is CCCc1cc(NS(=O)(=O)c2cc(Cl)cc(Cl)c2)n[nH]1. The molecule has 2 aromatic rings. The zero-order chi connectivity index (χ0) is 14.8. The summed E-state index contributed by atoms with van der Waals surface area (Å²) in [6, 6.07) is 5.79. The van der Waals surface area contributed by atoms with Crippen LogP contribution in [0.25, 0.3) is 0 Å². The summed E-state index contributed by atoms with van der Waals surface area (Å²) >= 11 is 11.6. The van der Waals surface area contributed by atoms with Gasteiger partial charge in [0.1, 0.15) is 0 Å². The monoisotopic (exact) mass is 333 g/mol. The summed E-state index contributed by atoms with van der Waals surface area (Å²) in [4.78, 5) is -0.00459. The number of aryl methyl sites for hydroxylation is 1. The number of H-pyrrole nitrogens is 1. The molecule has 0 aliphatic carbocycles. The van der Waals surface area contributed by atoms with Gasteiger partial charge in [-0.05, 0) is 24.6 Å². The van der Waals surface area contributed by atoms with Crippen LogP contribution in [0.15, 0.2) is 29.2 Å². The number of benzene rings is 1. The zero-order valence-corrected chi connectivity index (χ0v) is 13.0. The molecule has 0 saturated heterocycles. The first-order valence-corrected chi connectivity index (χ1v) is 8.18. The Balaban J connectivity index is 2.25. The molecule has 1 aromatic carbocycles. The van der Waals surface area contributed by atoms with E-state index in [4.69, 9.17) is 23.2 Å². The average molecular weight is 334 g/mol. The van der Waals surface area contributed by atoms with Crippen molar-refractivity contribution < 1.29 is 8.42 Å². The Labute approximate surface area is 127 Å². The van der Waals surface area contributed by atoms with Gasteiger partial charge in [0.2, 0.25) is 0 Å². The molecular formula is C12H13Cl2N3O2S. The minimum absolute atomic E-state index is 0.00459. The number of hydrogen-bond acceptors (Lipinski definition) is 3. The highest BCUT2D eigenvalue weighted by atomic mass is 35.5. The fourth-order valence-corrected chi connectivity index (χ4v) is 3.41. The van der Waals surface area contributed by atoms with Gasteiger partial charge in [0.25, 0.3) is 10.0 Å². The standard InChI is InChI=1S/C12H13Cl2N3O2S/c1-2-3-10-7-12(16-15-10)17-20(18,19)11-5-8(13)4-9(14)6-11/h4-7H,2-3H2,1H3,(H2,15,16,17). The number of aromatic nitrogens is 2. The molecule has 2 rings (SSSR count). The summed E-state index contributed by atoms with van der Waals surface area (Å²) in [6.45, 7) is 2.03. The van der Waals surface area contributed by atoms with E-state index in [0.717, 1.165) is 18.5 Å². The molecule has 2 N–H and O–H groups in total. The van der Waals surface area contributed by atoms with E-state index in [9.17, 15) is 8.42 Å². The molecule has 0 bridgehead atoms. The number of nitrogens with zero attached hydrogens (tertiary/aromatic N) is 1. The van der Waals surface area contributed by atoms with E-state index in [1.807, 2.05) is 6.92 Å². The Bertz CT molecular complexity index is 693. The number of halogens is 2.